The van der Waals surface area contributed by atoms with Gasteiger partial charge >= 0.3 is 5.97 Å². The van der Waals surface area contributed by atoms with E-state index in [2.05, 4.69) is 28.9 Å². The Hall–Kier alpha value is -1.23. The Morgan fingerprint density at radius 3 is 3.06 bits per heavy atom. The van der Waals surface area contributed by atoms with Gasteiger partial charge in [-0.3, -0.25) is 0 Å². The number of hydrogen-bond donors (Lipinski definition) is 1. The quantitative estimate of drug-likeness (QED) is 0.608. The van der Waals surface area contributed by atoms with Crippen LogP contribution in [0.4, 0.5) is 5.69 Å². The predicted molar refractivity (Wildman–Crippen MR) is 76.3 cm³/mol. The number of methoxy groups -OCH3 is 1. The van der Waals surface area contributed by atoms with Crippen molar-refractivity contribution in [3.8, 4) is 0 Å². The number of esters is 1. The molecule has 1 heterocycles. The molecule has 0 fully saturated rings. The molecule has 4 nitrogen and oxygen atoms in total. The minimum Gasteiger partial charge on any atom is -0.464 e. The molecule has 0 saturated heterocycles. The Labute approximate surface area is 113 Å². The molecule has 100 valence electrons. The molecule has 1 N–H and O–H groups in total. The molecule has 0 bridgehead atoms. The number of nitrogens with zero attached hydrogens (tertiary/aromatic N) is 1. The number of thioether (sulfide) groups is 1. The fourth-order valence-electron chi connectivity index (χ4n) is 1.50. The van der Waals surface area contributed by atoms with Crippen molar-refractivity contribution in [2.45, 2.75) is 26.3 Å². The normalized spacial score (nSPS) is 11.9. The van der Waals surface area contributed by atoms with Gasteiger partial charge in [0.2, 0.25) is 0 Å². The van der Waals surface area contributed by atoms with E-state index in [1.54, 1.807) is 12.3 Å². The summed E-state index contributed by atoms with van der Waals surface area (Å²) in [5.41, 5.74) is 1.23. The third-order valence-corrected chi connectivity index (χ3v) is 3.40. The van der Waals surface area contributed by atoms with Crippen molar-refractivity contribution < 1.29 is 9.53 Å². The minimum atomic E-state index is -0.409. The zero-order valence-electron chi connectivity index (χ0n) is 11.1. The Morgan fingerprint density at radius 2 is 2.39 bits per heavy atom. The largest absolute Gasteiger partial charge is 0.464 e. The summed E-state index contributed by atoms with van der Waals surface area (Å²) in [6, 6.07) is 3.95. The number of aromatic nitrogens is 1. The molecule has 1 atom stereocenters. The summed E-state index contributed by atoms with van der Waals surface area (Å²) in [6.45, 7) is 4.29. The molecule has 0 spiro atoms. The van der Waals surface area contributed by atoms with Crippen LogP contribution < -0.4 is 5.32 Å². The van der Waals surface area contributed by atoms with Crippen molar-refractivity contribution in [1.82, 2.24) is 4.98 Å². The second-order valence-electron chi connectivity index (χ2n) is 3.95. The first-order valence-corrected chi connectivity index (χ1v) is 7.21. The van der Waals surface area contributed by atoms with Crippen molar-refractivity contribution >= 4 is 23.4 Å². The molecule has 1 aromatic rings. The first kappa shape index (κ1) is 14.8. The van der Waals surface area contributed by atoms with E-state index in [4.69, 9.17) is 0 Å². The van der Waals surface area contributed by atoms with E-state index in [0.717, 1.165) is 23.6 Å². The third-order valence-electron chi connectivity index (χ3n) is 2.47. The van der Waals surface area contributed by atoms with E-state index in [1.807, 2.05) is 17.8 Å². The predicted octanol–water partition coefficient (Wildman–Crippen LogP) is 2.81. The number of rotatable bonds is 7. The van der Waals surface area contributed by atoms with Gasteiger partial charge in [0.05, 0.1) is 7.11 Å². The van der Waals surface area contributed by atoms with Gasteiger partial charge in [0.25, 0.3) is 0 Å². The highest BCUT2D eigenvalue weighted by Crippen LogP contribution is 2.13. The van der Waals surface area contributed by atoms with Gasteiger partial charge in [-0.1, -0.05) is 6.92 Å². The highest BCUT2D eigenvalue weighted by atomic mass is 32.2. The maximum atomic E-state index is 11.3. The van der Waals surface area contributed by atoms with Crippen LogP contribution in [0.5, 0.6) is 0 Å². The lowest BCUT2D eigenvalue weighted by atomic mass is 10.2. The second-order valence-corrected chi connectivity index (χ2v) is 5.35. The molecule has 0 aliphatic carbocycles. The average molecular weight is 268 g/mol. The van der Waals surface area contributed by atoms with Gasteiger partial charge in [0.15, 0.2) is 0 Å². The molecule has 0 amide bonds. The number of nitrogens with one attached hydrogen (secondary N) is 1. The van der Waals surface area contributed by atoms with Crippen LogP contribution in [0.2, 0.25) is 0 Å². The van der Waals surface area contributed by atoms with Gasteiger partial charge in [-0.15, -0.1) is 0 Å². The van der Waals surface area contributed by atoms with E-state index >= 15 is 0 Å². The SMILES string of the molecule is CCSCCC(C)Nc1ccnc(C(=O)OC)c1. The fraction of sp³-hybridized carbons (Fsp3) is 0.538. The first-order chi connectivity index (χ1) is 8.67. The monoisotopic (exact) mass is 268 g/mol. The van der Waals surface area contributed by atoms with Gasteiger partial charge in [0.1, 0.15) is 5.69 Å². The summed E-state index contributed by atoms with van der Waals surface area (Å²) in [7, 11) is 1.36. The molecule has 18 heavy (non-hydrogen) atoms. The van der Waals surface area contributed by atoms with Crippen LogP contribution in [-0.4, -0.2) is 35.6 Å². The maximum absolute atomic E-state index is 11.3. The van der Waals surface area contributed by atoms with Crippen molar-refractivity contribution in [2.24, 2.45) is 0 Å². The molecule has 1 unspecified atom stereocenters. The molecule has 0 aliphatic heterocycles. The summed E-state index contributed by atoms with van der Waals surface area (Å²) < 4.78 is 4.64. The number of anilines is 1. The number of hydrogen-bond acceptors (Lipinski definition) is 5. The van der Waals surface area contributed by atoms with Crippen molar-refractivity contribution in [3.63, 3.8) is 0 Å². The highest BCUT2D eigenvalue weighted by molar-refractivity contribution is 7.99. The number of carbonyl (C=O) groups excluding carboxylic acids is 1. The lowest BCUT2D eigenvalue weighted by molar-refractivity contribution is 0.0594. The van der Waals surface area contributed by atoms with Crippen molar-refractivity contribution in [2.75, 3.05) is 23.9 Å². The van der Waals surface area contributed by atoms with Crippen LogP contribution >= 0.6 is 11.8 Å². The van der Waals surface area contributed by atoms with Gasteiger partial charge < -0.3 is 10.1 Å². The van der Waals surface area contributed by atoms with E-state index in [-0.39, 0.29) is 0 Å². The first-order valence-electron chi connectivity index (χ1n) is 6.06. The maximum Gasteiger partial charge on any atom is 0.356 e. The van der Waals surface area contributed by atoms with Gasteiger partial charge in [-0.25, -0.2) is 9.78 Å². The van der Waals surface area contributed by atoms with Gasteiger partial charge in [0, 0.05) is 17.9 Å². The molecular formula is C13H20N2O2S. The van der Waals surface area contributed by atoms with Crippen molar-refractivity contribution in [3.05, 3.63) is 24.0 Å². The summed E-state index contributed by atoms with van der Waals surface area (Å²) in [4.78, 5) is 15.3. The van der Waals surface area contributed by atoms with Crippen molar-refractivity contribution in [1.29, 1.82) is 0 Å². The molecular weight excluding hydrogens is 248 g/mol. The zero-order valence-corrected chi connectivity index (χ0v) is 11.9. The summed E-state index contributed by atoms with van der Waals surface area (Å²) in [5.74, 6) is 1.88. The third kappa shape index (κ3) is 4.96. The summed E-state index contributed by atoms with van der Waals surface area (Å²) in [6.07, 6.45) is 2.70. The lowest BCUT2D eigenvalue weighted by Gasteiger charge is -2.15. The van der Waals surface area contributed by atoms with E-state index in [0.29, 0.717) is 11.7 Å². The van der Waals surface area contributed by atoms with Crippen LogP contribution in [0.15, 0.2) is 18.3 Å². The summed E-state index contributed by atoms with van der Waals surface area (Å²) in [5, 5.41) is 3.36. The van der Waals surface area contributed by atoms with Crippen LogP contribution in [-0.2, 0) is 4.74 Å². The van der Waals surface area contributed by atoms with Crippen LogP contribution in [0, 0.1) is 0 Å². The Kier molecular flexibility index (Phi) is 6.57. The lowest BCUT2D eigenvalue weighted by Crippen LogP contribution is -2.16. The topological polar surface area (TPSA) is 51.2 Å². The summed E-state index contributed by atoms with van der Waals surface area (Å²) >= 11 is 1.93. The highest BCUT2D eigenvalue weighted by Gasteiger charge is 2.08. The molecule has 0 radical (unpaired) electrons. The van der Waals surface area contributed by atoms with Gasteiger partial charge in [-0.05, 0) is 37.0 Å². The molecule has 0 aliphatic rings. The van der Waals surface area contributed by atoms with Crippen LogP contribution in [0.3, 0.4) is 0 Å². The average Bonchev–Trinajstić information content (AvgIpc) is 2.38. The number of pyridine rings is 1. The van der Waals surface area contributed by atoms with Crippen LogP contribution in [0.25, 0.3) is 0 Å². The molecule has 1 rings (SSSR count). The van der Waals surface area contributed by atoms with Gasteiger partial charge in [-0.2, -0.15) is 11.8 Å². The molecule has 0 saturated carbocycles. The number of ether oxygens (including phenoxy) is 1. The standard InChI is InChI=1S/C13H20N2O2S/c1-4-18-8-6-10(2)15-11-5-7-14-12(9-11)13(16)17-3/h5,7,9-10H,4,6,8H2,1-3H3,(H,14,15). The Balaban J connectivity index is 2.53. The fourth-order valence-corrected chi connectivity index (χ4v) is 2.31. The van der Waals surface area contributed by atoms with Crippen LogP contribution in [0.1, 0.15) is 30.8 Å². The molecule has 5 heteroatoms. The second kappa shape index (κ2) is 7.97. The molecule has 1 aromatic heterocycles. The zero-order chi connectivity index (χ0) is 13.4. The van der Waals surface area contributed by atoms with E-state index in [9.17, 15) is 4.79 Å². The number of carbonyl (C=O) groups is 1. The van der Waals surface area contributed by atoms with E-state index in [1.165, 1.54) is 7.11 Å². The Bertz CT molecular complexity index is 385. The minimum absolute atomic E-state index is 0.331. The van der Waals surface area contributed by atoms with E-state index < -0.39 is 5.97 Å². The molecule has 0 aromatic carbocycles. The smallest absolute Gasteiger partial charge is 0.356 e. The Morgan fingerprint density at radius 1 is 1.61 bits per heavy atom.